The SMILES string of the molecule is Fc1ccc(SCSc2ccc(F)cc2F)c(F)c1. The largest absolute Gasteiger partial charge is 0.207 e. The standard InChI is InChI=1S/C13H8F4S2/c14-8-1-3-12(10(16)5-8)18-7-19-13-4-2-9(15)6-11(13)17/h1-6H,7H2. The highest BCUT2D eigenvalue weighted by Gasteiger charge is 2.07. The molecule has 0 radical (unpaired) electrons. The van der Waals surface area contributed by atoms with Gasteiger partial charge in [0.05, 0.1) is 0 Å². The van der Waals surface area contributed by atoms with Crippen LogP contribution in [0.1, 0.15) is 0 Å². The van der Waals surface area contributed by atoms with Crippen LogP contribution in [0.25, 0.3) is 0 Å². The highest BCUT2D eigenvalue weighted by Crippen LogP contribution is 2.31. The van der Waals surface area contributed by atoms with Crippen molar-refractivity contribution >= 4 is 23.5 Å². The summed E-state index contributed by atoms with van der Waals surface area (Å²) in [6.07, 6.45) is 0. The predicted molar refractivity (Wildman–Crippen MR) is 69.3 cm³/mol. The molecule has 0 amide bonds. The van der Waals surface area contributed by atoms with Gasteiger partial charge in [0, 0.05) is 27.0 Å². The van der Waals surface area contributed by atoms with Crippen molar-refractivity contribution < 1.29 is 17.6 Å². The molecule has 0 fully saturated rings. The van der Waals surface area contributed by atoms with Gasteiger partial charge in [0.15, 0.2) is 0 Å². The van der Waals surface area contributed by atoms with E-state index in [4.69, 9.17) is 0 Å². The van der Waals surface area contributed by atoms with Gasteiger partial charge >= 0.3 is 0 Å². The van der Waals surface area contributed by atoms with Crippen molar-refractivity contribution in [1.82, 2.24) is 0 Å². The lowest BCUT2D eigenvalue weighted by atomic mass is 10.3. The Hall–Kier alpha value is -1.14. The van der Waals surface area contributed by atoms with E-state index in [-0.39, 0.29) is 9.79 Å². The minimum Gasteiger partial charge on any atom is -0.207 e. The van der Waals surface area contributed by atoms with Crippen LogP contribution in [0.15, 0.2) is 46.2 Å². The van der Waals surface area contributed by atoms with Gasteiger partial charge in [-0.2, -0.15) is 0 Å². The molecule has 0 aromatic heterocycles. The van der Waals surface area contributed by atoms with Crippen molar-refractivity contribution in [2.24, 2.45) is 0 Å². The molecule has 6 heteroatoms. The Balaban J connectivity index is 1.96. The fourth-order valence-electron chi connectivity index (χ4n) is 1.34. The molecule has 0 spiro atoms. The monoisotopic (exact) mass is 304 g/mol. The van der Waals surface area contributed by atoms with Gasteiger partial charge in [-0.05, 0) is 24.3 Å². The molecule has 2 aromatic rings. The maximum atomic E-state index is 13.3. The Kier molecular flexibility index (Phi) is 4.76. The molecular weight excluding hydrogens is 296 g/mol. The van der Waals surface area contributed by atoms with Gasteiger partial charge in [0.1, 0.15) is 23.3 Å². The molecule has 0 N–H and O–H groups in total. The van der Waals surface area contributed by atoms with Crippen LogP contribution < -0.4 is 0 Å². The molecule has 2 aromatic carbocycles. The summed E-state index contributed by atoms with van der Waals surface area (Å²) < 4.78 is 52.0. The average Bonchev–Trinajstić information content (AvgIpc) is 2.34. The van der Waals surface area contributed by atoms with Gasteiger partial charge in [0.25, 0.3) is 0 Å². The van der Waals surface area contributed by atoms with Crippen molar-refractivity contribution in [3.63, 3.8) is 0 Å². The van der Waals surface area contributed by atoms with E-state index in [9.17, 15) is 17.6 Å². The zero-order valence-corrected chi connectivity index (χ0v) is 11.1. The maximum Gasteiger partial charge on any atom is 0.139 e. The Morgan fingerprint density at radius 3 is 1.47 bits per heavy atom. The van der Waals surface area contributed by atoms with Crippen LogP contribution in [0, 0.1) is 23.3 Å². The Morgan fingerprint density at radius 1 is 0.684 bits per heavy atom. The second-order valence-corrected chi connectivity index (χ2v) is 5.96. The van der Waals surface area contributed by atoms with Crippen LogP contribution in [0.5, 0.6) is 0 Å². The van der Waals surface area contributed by atoms with Crippen molar-refractivity contribution in [3.8, 4) is 0 Å². The molecule has 0 aliphatic rings. The first-order valence-electron chi connectivity index (χ1n) is 5.22. The fourth-order valence-corrected chi connectivity index (χ4v) is 3.31. The Morgan fingerprint density at radius 2 is 1.11 bits per heavy atom. The Bertz CT molecular complexity index is 535. The first-order chi connectivity index (χ1) is 9.06. The van der Waals surface area contributed by atoms with Crippen molar-refractivity contribution in [3.05, 3.63) is 59.7 Å². The molecule has 2 rings (SSSR count). The normalized spacial score (nSPS) is 10.7. The van der Waals surface area contributed by atoms with Crippen LogP contribution in [-0.4, -0.2) is 5.08 Å². The van der Waals surface area contributed by atoms with Crippen LogP contribution in [-0.2, 0) is 0 Å². The number of thioether (sulfide) groups is 2. The summed E-state index contributed by atoms with van der Waals surface area (Å²) in [5.41, 5.74) is 0. The van der Waals surface area contributed by atoms with Gasteiger partial charge < -0.3 is 0 Å². The second-order valence-electron chi connectivity index (χ2n) is 3.56. The molecule has 0 bridgehead atoms. The van der Waals surface area contributed by atoms with E-state index in [1.807, 2.05) is 0 Å². The molecule has 0 aliphatic carbocycles. The van der Waals surface area contributed by atoms with E-state index in [1.54, 1.807) is 0 Å². The average molecular weight is 304 g/mol. The van der Waals surface area contributed by atoms with Crippen LogP contribution in [0.4, 0.5) is 17.6 Å². The fraction of sp³-hybridized carbons (Fsp3) is 0.0769. The van der Waals surface area contributed by atoms with Crippen molar-refractivity contribution in [2.45, 2.75) is 9.79 Å². The number of hydrogen-bond acceptors (Lipinski definition) is 2. The minimum absolute atomic E-state index is 0.288. The summed E-state index contributed by atoms with van der Waals surface area (Å²) in [6.45, 7) is 0. The molecule has 0 unspecified atom stereocenters. The van der Waals surface area contributed by atoms with Gasteiger partial charge in [-0.1, -0.05) is 0 Å². The van der Waals surface area contributed by atoms with Crippen LogP contribution >= 0.6 is 23.5 Å². The molecule has 0 nitrogen and oxygen atoms in total. The van der Waals surface area contributed by atoms with Gasteiger partial charge in [-0.3, -0.25) is 0 Å². The summed E-state index contributed by atoms with van der Waals surface area (Å²) in [4.78, 5) is 0.577. The molecule has 0 atom stereocenters. The molecule has 0 saturated carbocycles. The molecule has 0 saturated heterocycles. The number of benzene rings is 2. The highest BCUT2D eigenvalue weighted by atomic mass is 32.2. The zero-order chi connectivity index (χ0) is 13.8. The van der Waals surface area contributed by atoms with E-state index in [0.717, 1.165) is 47.8 Å². The third kappa shape index (κ3) is 3.91. The third-order valence-corrected chi connectivity index (χ3v) is 4.44. The van der Waals surface area contributed by atoms with Crippen molar-refractivity contribution in [1.29, 1.82) is 0 Å². The van der Waals surface area contributed by atoms with E-state index < -0.39 is 23.3 Å². The van der Waals surface area contributed by atoms with Crippen molar-refractivity contribution in [2.75, 3.05) is 5.08 Å². The Labute approximate surface area is 116 Å². The van der Waals surface area contributed by atoms with Gasteiger partial charge in [-0.25, -0.2) is 17.6 Å². The van der Waals surface area contributed by atoms with Gasteiger partial charge in [0.2, 0.25) is 0 Å². The topological polar surface area (TPSA) is 0 Å². The molecule has 0 heterocycles. The number of hydrogen-bond donors (Lipinski definition) is 0. The predicted octanol–water partition coefficient (Wildman–Crippen LogP) is 5.08. The maximum absolute atomic E-state index is 13.3. The molecule has 100 valence electrons. The van der Waals surface area contributed by atoms with Gasteiger partial charge in [-0.15, -0.1) is 23.5 Å². The third-order valence-electron chi connectivity index (χ3n) is 2.22. The smallest absolute Gasteiger partial charge is 0.139 e. The summed E-state index contributed by atoms with van der Waals surface area (Å²) in [5.74, 6) is -2.58. The number of halogens is 4. The summed E-state index contributed by atoms with van der Waals surface area (Å²) >= 11 is 2.25. The zero-order valence-electron chi connectivity index (χ0n) is 9.50. The lowest BCUT2D eigenvalue weighted by molar-refractivity contribution is 0.565. The summed E-state index contributed by atoms with van der Waals surface area (Å²) in [6, 6.07) is 6.58. The summed E-state index contributed by atoms with van der Waals surface area (Å²) in [7, 11) is 0. The van der Waals surface area contributed by atoms with Crippen LogP contribution in [0.2, 0.25) is 0 Å². The van der Waals surface area contributed by atoms with E-state index >= 15 is 0 Å². The minimum atomic E-state index is -0.648. The van der Waals surface area contributed by atoms with E-state index in [1.165, 1.54) is 12.1 Å². The lowest BCUT2D eigenvalue weighted by Gasteiger charge is -2.04. The summed E-state index contributed by atoms with van der Waals surface area (Å²) in [5, 5.41) is 0.338. The first kappa shape index (κ1) is 14.3. The lowest BCUT2D eigenvalue weighted by Crippen LogP contribution is -1.86. The molecular formula is C13H8F4S2. The molecule has 19 heavy (non-hydrogen) atoms. The molecule has 0 aliphatic heterocycles. The quantitative estimate of drug-likeness (QED) is 0.438. The van der Waals surface area contributed by atoms with Crippen LogP contribution in [0.3, 0.4) is 0 Å². The first-order valence-corrected chi connectivity index (χ1v) is 7.19. The highest BCUT2D eigenvalue weighted by molar-refractivity contribution is 8.16. The second kappa shape index (κ2) is 6.34. The van der Waals surface area contributed by atoms with E-state index in [2.05, 4.69) is 0 Å². The number of rotatable bonds is 4. The van der Waals surface area contributed by atoms with E-state index in [0.29, 0.717) is 5.08 Å².